The molecule has 0 fully saturated rings. The van der Waals surface area contributed by atoms with Gasteiger partial charge >= 0.3 is 0 Å². The van der Waals surface area contributed by atoms with Crippen LogP contribution in [0.15, 0.2) is 35.4 Å². The highest BCUT2D eigenvalue weighted by atomic mass is 35.5. The molecule has 0 spiro atoms. The van der Waals surface area contributed by atoms with Gasteiger partial charge in [-0.2, -0.15) is 0 Å². The molecule has 1 amide bonds. The van der Waals surface area contributed by atoms with E-state index in [2.05, 4.69) is 5.32 Å². The molecule has 9 heteroatoms. The van der Waals surface area contributed by atoms with Crippen LogP contribution >= 0.6 is 12.4 Å². The Balaban J connectivity index is 0.00000225. The number of nitrogens with one attached hydrogen (secondary N) is 1. The number of nitrogens with zero attached hydrogens (tertiary/aromatic N) is 2. The van der Waals surface area contributed by atoms with Crippen LogP contribution in [0.5, 0.6) is 0 Å². The number of carbonyl (C=O) groups excluding carboxylic acids is 1. The number of rotatable bonds is 3. The lowest BCUT2D eigenvalue weighted by atomic mass is 10.0. The van der Waals surface area contributed by atoms with E-state index >= 15 is 0 Å². The molecule has 0 saturated carbocycles. The van der Waals surface area contributed by atoms with Crippen LogP contribution in [0.3, 0.4) is 0 Å². The number of nitrogens with two attached hydrogens (primary N) is 1. The summed E-state index contributed by atoms with van der Waals surface area (Å²) >= 11 is 0. The fraction of sp³-hybridized carbons (Fsp3) is 0.312. The number of fused-ring (bicyclic) bond motifs is 1. The van der Waals surface area contributed by atoms with Crippen molar-refractivity contribution in [1.82, 2.24) is 9.88 Å². The number of carbonyl (C=O) groups is 1. The van der Waals surface area contributed by atoms with Crippen molar-refractivity contribution < 1.29 is 13.2 Å². The Hall–Kier alpha value is -2.19. The second-order valence-electron chi connectivity index (χ2n) is 5.78. The lowest BCUT2D eigenvalue weighted by Crippen LogP contribution is -2.35. The van der Waals surface area contributed by atoms with E-state index in [4.69, 9.17) is 5.73 Å². The minimum atomic E-state index is -3.76. The number of amides is 1. The smallest absolute Gasteiger partial charge is 0.267 e. The summed E-state index contributed by atoms with van der Waals surface area (Å²) in [6.45, 7) is 0.392. The SMILES string of the molecule is CNC(=O)c1cc(S(=O)(=O)N2CCCc3c(N)cccc32)cn1C.Cl. The van der Waals surface area contributed by atoms with Crippen LogP contribution < -0.4 is 15.4 Å². The minimum Gasteiger partial charge on any atom is -0.398 e. The minimum absolute atomic E-state index is 0. The van der Waals surface area contributed by atoms with Crippen LogP contribution in [-0.2, 0) is 23.5 Å². The largest absolute Gasteiger partial charge is 0.398 e. The zero-order valence-corrected chi connectivity index (χ0v) is 15.7. The van der Waals surface area contributed by atoms with Crippen LogP contribution in [0.1, 0.15) is 22.5 Å². The molecule has 1 aliphatic rings. The quantitative estimate of drug-likeness (QED) is 0.784. The Morgan fingerprint density at radius 1 is 1.32 bits per heavy atom. The maximum atomic E-state index is 13.1. The summed E-state index contributed by atoms with van der Waals surface area (Å²) in [5, 5.41) is 2.50. The van der Waals surface area contributed by atoms with Crippen molar-refractivity contribution in [2.45, 2.75) is 17.7 Å². The molecular formula is C16H21ClN4O3S. The predicted octanol–water partition coefficient (Wildman–Crippen LogP) is 1.53. The van der Waals surface area contributed by atoms with Crippen LogP contribution in [0.25, 0.3) is 0 Å². The first kappa shape index (κ1) is 19.1. The molecule has 3 rings (SSSR count). The van der Waals surface area contributed by atoms with Crippen LogP contribution in [0.4, 0.5) is 11.4 Å². The lowest BCUT2D eigenvalue weighted by Gasteiger charge is -2.30. The van der Waals surface area contributed by atoms with Gasteiger partial charge in [0.1, 0.15) is 10.6 Å². The van der Waals surface area contributed by atoms with Crippen molar-refractivity contribution in [3.63, 3.8) is 0 Å². The first-order valence-corrected chi connectivity index (χ1v) is 9.09. The van der Waals surface area contributed by atoms with E-state index in [1.165, 1.54) is 28.2 Å². The van der Waals surface area contributed by atoms with Crippen molar-refractivity contribution in [1.29, 1.82) is 0 Å². The van der Waals surface area contributed by atoms with Gasteiger partial charge in [-0.3, -0.25) is 9.10 Å². The van der Waals surface area contributed by atoms with E-state index in [0.29, 0.717) is 30.0 Å². The van der Waals surface area contributed by atoms with Crippen LogP contribution in [0, 0.1) is 0 Å². The van der Waals surface area contributed by atoms with Gasteiger partial charge in [0.2, 0.25) is 0 Å². The average Bonchev–Trinajstić information content (AvgIpc) is 2.96. The second kappa shape index (κ2) is 6.97. The molecule has 1 aromatic heterocycles. The maximum absolute atomic E-state index is 13.1. The summed E-state index contributed by atoms with van der Waals surface area (Å²) in [5.74, 6) is -0.331. The molecule has 2 aromatic rings. The summed E-state index contributed by atoms with van der Waals surface area (Å²) in [6.07, 6.45) is 2.92. The van der Waals surface area contributed by atoms with Crippen molar-refractivity contribution in [3.05, 3.63) is 41.7 Å². The summed E-state index contributed by atoms with van der Waals surface area (Å²) in [5.41, 5.74) is 8.36. The number of hydrogen-bond donors (Lipinski definition) is 2. The third kappa shape index (κ3) is 3.19. The van der Waals surface area contributed by atoms with E-state index in [0.717, 1.165) is 12.0 Å². The van der Waals surface area contributed by atoms with Gasteiger partial charge in [0.25, 0.3) is 15.9 Å². The molecule has 136 valence electrons. The van der Waals surface area contributed by atoms with E-state index in [1.54, 1.807) is 25.2 Å². The number of hydrogen-bond acceptors (Lipinski definition) is 4. The van der Waals surface area contributed by atoms with Crippen molar-refractivity contribution >= 4 is 39.7 Å². The Morgan fingerprint density at radius 2 is 2.04 bits per heavy atom. The Bertz CT molecular complexity index is 908. The fourth-order valence-electron chi connectivity index (χ4n) is 3.02. The van der Waals surface area contributed by atoms with Gasteiger partial charge in [-0.15, -0.1) is 12.4 Å². The maximum Gasteiger partial charge on any atom is 0.267 e. The van der Waals surface area contributed by atoms with E-state index < -0.39 is 10.0 Å². The van der Waals surface area contributed by atoms with Crippen molar-refractivity contribution in [3.8, 4) is 0 Å². The highest BCUT2D eigenvalue weighted by Crippen LogP contribution is 2.35. The van der Waals surface area contributed by atoms with Gasteiger partial charge in [-0.1, -0.05) is 6.07 Å². The standard InChI is InChI=1S/C16H20N4O3S.ClH/c1-18-16(21)15-9-11(10-19(15)2)24(22,23)20-8-4-5-12-13(17)6-3-7-14(12)20;/h3,6-7,9-10H,4-5,8,17H2,1-2H3,(H,18,21);1H. The molecule has 7 nitrogen and oxygen atoms in total. The zero-order valence-electron chi connectivity index (χ0n) is 14.0. The van der Waals surface area contributed by atoms with E-state index in [-0.39, 0.29) is 23.2 Å². The molecule has 3 N–H and O–H groups in total. The number of aryl methyl sites for hydroxylation is 1. The molecule has 0 atom stereocenters. The molecule has 2 heterocycles. The molecule has 0 saturated heterocycles. The molecule has 0 bridgehead atoms. The number of benzene rings is 1. The Morgan fingerprint density at radius 3 is 2.72 bits per heavy atom. The summed E-state index contributed by atoms with van der Waals surface area (Å²) < 4.78 is 29.0. The van der Waals surface area contributed by atoms with Crippen LogP contribution in [0.2, 0.25) is 0 Å². The Labute approximate surface area is 153 Å². The van der Waals surface area contributed by atoms with Gasteiger partial charge in [-0.25, -0.2) is 8.42 Å². The lowest BCUT2D eigenvalue weighted by molar-refractivity contribution is 0.0955. The summed E-state index contributed by atoms with van der Waals surface area (Å²) in [4.78, 5) is 11.9. The third-order valence-corrected chi connectivity index (χ3v) is 6.05. The third-order valence-electron chi connectivity index (χ3n) is 4.27. The van der Waals surface area contributed by atoms with Crippen LogP contribution in [-0.4, -0.2) is 32.5 Å². The molecule has 1 aliphatic heterocycles. The van der Waals surface area contributed by atoms with Gasteiger partial charge in [0, 0.05) is 32.5 Å². The first-order valence-electron chi connectivity index (χ1n) is 7.65. The molecule has 0 aliphatic carbocycles. The number of aromatic nitrogens is 1. The number of nitrogen functional groups attached to an aromatic ring is 1. The second-order valence-corrected chi connectivity index (χ2v) is 7.64. The predicted molar refractivity (Wildman–Crippen MR) is 99.8 cm³/mol. The molecular weight excluding hydrogens is 364 g/mol. The molecule has 1 aromatic carbocycles. The molecule has 0 unspecified atom stereocenters. The van der Waals surface area contributed by atoms with E-state index in [9.17, 15) is 13.2 Å². The molecule has 25 heavy (non-hydrogen) atoms. The highest BCUT2D eigenvalue weighted by molar-refractivity contribution is 7.92. The van der Waals surface area contributed by atoms with Gasteiger partial charge in [-0.05, 0) is 36.6 Å². The van der Waals surface area contributed by atoms with Gasteiger partial charge in [0.05, 0.1) is 5.69 Å². The average molecular weight is 385 g/mol. The topological polar surface area (TPSA) is 97.4 Å². The highest BCUT2D eigenvalue weighted by Gasteiger charge is 2.31. The zero-order chi connectivity index (χ0) is 17.5. The number of halogens is 1. The fourth-order valence-corrected chi connectivity index (χ4v) is 4.63. The summed E-state index contributed by atoms with van der Waals surface area (Å²) in [6, 6.07) is 6.70. The molecule has 0 radical (unpaired) electrons. The first-order chi connectivity index (χ1) is 11.4. The van der Waals surface area contributed by atoms with Gasteiger partial charge < -0.3 is 15.6 Å². The monoisotopic (exact) mass is 384 g/mol. The number of sulfonamides is 1. The normalized spacial score (nSPS) is 13.8. The van der Waals surface area contributed by atoms with E-state index in [1.807, 2.05) is 0 Å². The van der Waals surface area contributed by atoms with Crippen molar-refractivity contribution in [2.24, 2.45) is 7.05 Å². The van der Waals surface area contributed by atoms with Gasteiger partial charge in [0.15, 0.2) is 0 Å². The van der Waals surface area contributed by atoms with Crippen molar-refractivity contribution in [2.75, 3.05) is 23.6 Å². The summed E-state index contributed by atoms with van der Waals surface area (Å²) in [7, 11) is -0.607. The Kier molecular flexibility index (Phi) is 5.34. The number of anilines is 2.